The van der Waals surface area contributed by atoms with E-state index in [2.05, 4.69) is 0 Å². The zero-order valence-corrected chi connectivity index (χ0v) is 10.6. The fourth-order valence-corrected chi connectivity index (χ4v) is 1.63. The summed E-state index contributed by atoms with van der Waals surface area (Å²) >= 11 is 0. The highest BCUT2D eigenvalue weighted by Crippen LogP contribution is 2.17. The van der Waals surface area contributed by atoms with Crippen LogP contribution in [0.1, 0.15) is 10.4 Å². The summed E-state index contributed by atoms with van der Waals surface area (Å²) in [5, 5.41) is 9.56. The zero-order valence-electron chi connectivity index (χ0n) is 10.6. The van der Waals surface area contributed by atoms with Gasteiger partial charge < -0.3 is 26.2 Å². The van der Waals surface area contributed by atoms with Crippen LogP contribution < -0.4 is 11.5 Å². The van der Waals surface area contributed by atoms with Crippen LogP contribution in [0.2, 0.25) is 0 Å². The average Bonchev–Trinajstić information content (AvgIpc) is 2.28. The molecule has 18 heavy (non-hydrogen) atoms. The Kier molecular flexibility index (Phi) is 4.94. The van der Waals surface area contributed by atoms with E-state index in [0.717, 1.165) is 0 Å². The molecule has 0 saturated carbocycles. The first-order valence-electron chi connectivity index (χ1n) is 5.53. The van der Waals surface area contributed by atoms with Crippen LogP contribution in [0.4, 0.5) is 11.4 Å². The van der Waals surface area contributed by atoms with Gasteiger partial charge in [-0.25, -0.2) is 0 Å². The van der Waals surface area contributed by atoms with Crippen molar-refractivity contribution in [1.82, 2.24) is 4.90 Å². The van der Waals surface area contributed by atoms with Crippen LogP contribution in [0.15, 0.2) is 18.2 Å². The molecule has 6 nitrogen and oxygen atoms in total. The Morgan fingerprint density at radius 2 is 2.17 bits per heavy atom. The standard InChI is InChI=1S/C12H19N3O3/c1-15(6-9(16)7-18-2)12(17)10-4-3-8(13)5-11(10)14/h3-5,9,16H,6-7,13-14H2,1-2H3. The smallest absolute Gasteiger partial charge is 0.255 e. The van der Waals surface area contributed by atoms with Crippen LogP contribution >= 0.6 is 0 Å². The monoisotopic (exact) mass is 253 g/mol. The van der Waals surface area contributed by atoms with Gasteiger partial charge in [0.25, 0.3) is 5.91 Å². The lowest BCUT2D eigenvalue weighted by Gasteiger charge is -2.21. The minimum Gasteiger partial charge on any atom is -0.399 e. The summed E-state index contributed by atoms with van der Waals surface area (Å²) in [6, 6.07) is 4.72. The van der Waals surface area contributed by atoms with Crippen molar-refractivity contribution in [3.63, 3.8) is 0 Å². The van der Waals surface area contributed by atoms with E-state index in [4.69, 9.17) is 16.2 Å². The fraction of sp³-hybridized carbons (Fsp3) is 0.417. The number of carbonyl (C=O) groups is 1. The first kappa shape index (κ1) is 14.3. The van der Waals surface area contributed by atoms with Gasteiger partial charge >= 0.3 is 0 Å². The average molecular weight is 253 g/mol. The molecule has 0 heterocycles. The molecule has 1 amide bonds. The summed E-state index contributed by atoms with van der Waals surface area (Å²) in [6.07, 6.45) is -0.723. The molecule has 1 atom stereocenters. The second kappa shape index (κ2) is 6.23. The second-order valence-corrected chi connectivity index (χ2v) is 4.14. The number of anilines is 2. The second-order valence-electron chi connectivity index (χ2n) is 4.14. The lowest BCUT2D eigenvalue weighted by Crippen LogP contribution is -2.36. The van der Waals surface area contributed by atoms with Gasteiger partial charge in [-0.3, -0.25) is 4.79 Å². The van der Waals surface area contributed by atoms with Gasteiger partial charge in [-0.15, -0.1) is 0 Å². The summed E-state index contributed by atoms with van der Waals surface area (Å²) in [4.78, 5) is 13.5. The van der Waals surface area contributed by atoms with Crippen LogP contribution in [-0.2, 0) is 4.74 Å². The highest BCUT2D eigenvalue weighted by Gasteiger charge is 2.17. The lowest BCUT2D eigenvalue weighted by atomic mass is 10.1. The van der Waals surface area contributed by atoms with E-state index in [1.807, 2.05) is 0 Å². The summed E-state index contributed by atoms with van der Waals surface area (Å²) in [6.45, 7) is 0.353. The van der Waals surface area contributed by atoms with Crippen molar-refractivity contribution in [2.24, 2.45) is 0 Å². The zero-order chi connectivity index (χ0) is 13.7. The number of hydrogen-bond acceptors (Lipinski definition) is 5. The number of aliphatic hydroxyl groups excluding tert-OH is 1. The van der Waals surface area contributed by atoms with Crippen molar-refractivity contribution in [3.8, 4) is 0 Å². The van der Waals surface area contributed by atoms with Crippen LogP contribution in [0.5, 0.6) is 0 Å². The summed E-state index contributed by atoms with van der Waals surface area (Å²) in [7, 11) is 3.08. The van der Waals surface area contributed by atoms with Crippen LogP contribution in [0.3, 0.4) is 0 Å². The number of amides is 1. The molecule has 0 aliphatic carbocycles. The van der Waals surface area contributed by atoms with Gasteiger partial charge in [-0.2, -0.15) is 0 Å². The Morgan fingerprint density at radius 3 is 2.72 bits per heavy atom. The fourth-order valence-electron chi connectivity index (χ4n) is 1.63. The van der Waals surface area contributed by atoms with Gasteiger partial charge in [-0.1, -0.05) is 0 Å². The predicted octanol–water partition coefficient (Wildman–Crippen LogP) is -0.0697. The van der Waals surface area contributed by atoms with Crippen LogP contribution in [-0.4, -0.2) is 49.3 Å². The van der Waals surface area contributed by atoms with Gasteiger partial charge in [0.2, 0.25) is 0 Å². The Balaban J connectivity index is 2.74. The molecule has 1 unspecified atom stereocenters. The molecule has 0 radical (unpaired) electrons. The molecular formula is C12H19N3O3. The van der Waals surface area contributed by atoms with Gasteiger partial charge in [0.15, 0.2) is 0 Å². The maximum absolute atomic E-state index is 12.1. The van der Waals surface area contributed by atoms with E-state index in [1.54, 1.807) is 19.2 Å². The van der Waals surface area contributed by atoms with Gasteiger partial charge in [0, 0.05) is 32.1 Å². The van der Waals surface area contributed by atoms with Gasteiger partial charge in [-0.05, 0) is 18.2 Å². The van der Waals surface area contributed by atoms with Crippen molar-refractivity contribution < 1.29 is 14.6 Å². The lowest BCUT2D eigenvalue weighted by molar-refractivity contribution is 0.0380. The molecule has 1 aromatic rings. The van der Waals surface area contributed by atoms with E-state index in [1.165, 1.54) is 18.1 Å². The molecule has 100 valence electrons. The number of carbonyl (C=O) groups excluding carboxylic acids is 1. The number of aliphatic hydroxyl groups is 1. The molecule has 0 fully saturated rings. The molecule has 0 bridgehead atoms. The van der Waals surface area contributed by atoms with Crippen molar-refractivity contribution >= 4 is 17.3 Å². The number of methoxy groups -OCH3 is 1. The van der Waals surface area contributed by atoms with Gasteiger partial charge in [0.05, 0.1) is 18.3 Å². The number of nitrogen functional groups attached to an aromatic ring is 2. The van der Waals surface area contributed by atoms with Crippen molar-refractivity contribution in [2.45, 2.75) is 6.10 Å². The van der Waals surface area contributed by atoms with E-state index in [9.17, 15) is 9.90 Å². The third kappa shape index (κ3) is 3.61. The number of ether oxygens (including phenoxy) is 1. The molecule has 6 heteroatoms. The Morgan fingerprint density at radius 1 is 1.50 bits per heavy atom. The number of nitrogens with two attached hydrogens (primary N) is 2. The number of nitrogens with zero attached hydrogens (tertiary/aromatic N) is 1. The Hall–Kier alpha value is -1.79. The minimum atomic E-state index is -0.723. The molecule has 1 rings (SSSR count). The predicted molar refractivity (Wildman–Crippen MR) is 70.1 cm³/mol. The number of hydrogen-bond donors (Lipinski definition) is 3. The molecular weight excluding hydrogens is 234 g/mol. The maximum atomic E-state index is 12.1. The molecule has 0 aliphatic heterocycles. The molecule has 0 spiro atoms. The quantitative estimate of drug-likeness (QED) is 0.638. The van der Waals surface area contributed by atoms with E-state index in [0.29, 0.717) is 16.9 Å². The maximum Gasteiger partial charge on any atom is 0.255 e. The summed E-state index contributed by atoms with van der Waals surface area (Å²) in [5.74, 6) is -0.261. The molecule has 0 aliphatic rings. The first-order chi connectivity index (χ1) is 8.45. The molecule has 0 saturated heterocycles. The number of likely N-dealkylation sites (N-methyl/N-ethyl adjacent to an activating group) is 1. The van der Waals surface area contributed by atoms with E-state index >= 15 is 0 Å². The summed E-state index contributed by atoms with van der Waals surface area (Å²) in [5.41, 5.74) is 12.5. The topological polar surface area (TPSA) is 102 Å². The highest BCUT2D eigenvalue weighted by molar-refractivity contribution is 5.99. The van der Waals surface area contributed by atoms with Crippen LogP contribution in [0.25, 0.3) is 0 Å². The molecule has 5 N–H and O–H groups in total. The normalized spacial score (nSPS) is 12.2. The van der Waals surface area contributed by atoms with Crippen molar-refractivity contribution in [1.29, 1.82) is 0 Å². The first-order valence-corrected chi connectivity index (χ1v) is 5.53. The van der Waals surface area contributed by atoms with Crippen molar-refractivity contribution in [3.05, 3.63) is 23.8 Å². The van der Waals surface area contributed by atoms with Crippen molar-refractivity contribution in [2.75, 3.05) is 38.8 Å². The highest BCUT2D eigenvalue weighted by atomic mass is 16.5. The van der Waals surface area contributed by atoms with Gasteiger partial charge in [0.1, 0.15) is 0 Å². The SMILES string of the molecule is COCC(O)CN(C)C(=O)c1ccc(N)cc1N. The third-order valence-electron chi connectivity index (χ3n) is 2.50. The molecule has 1 aromatic carbocycles. The molecule has 0 aromatic heterocycles. The van der Waals surface area contributed by atoms with E-state index in [-0.39, 0.29) is 19.1 Å². The Bertz CT molecular complexity index is 423. The number of rotatable bonds is 5. The third-order valence-corrected chi connectivity index (χ3v) is 2.50. The van der Waals surface area contributed by atoms with Crippen LogP contribution in [0, 0.1) is 0 Å². The summed E-state index contributed by atoms with van der Waals surface area (Å²) < 4.78 is 4.80. The largest absolute Gasteiger partial charge is 0.399 e. The van der Waals surface area contributed by atoms with E-state index < -0.39 is 6.10 Å². The number of benzene rings is 1. The Labute approximate surface area is 106 Å². The minimum absolute atomic E-state index is 0.175.